The lowest BCUT2D eigenvalue weighted by Crippen LogP contribution is -2.34. The minimum atomic E-state index is -1.04. The quantitative estimate of drug-likeness (QED) is 0.165. The molecule has 41 heavy (non-hydrogen) atoms. The van der Waals surface area contributed by atoms with Crippen molar-refractivity contribution in [3.05, 3.63) is 94.8 Å². The molecule has 1 heterocycles. The van der Waals surface area contributed by atoms with Crippen LogP contribution in [0.25, 0.3) is 12.2 Å². The van der Waals surface area contributed by atoms with Crippen LogP contribution in [0.15, 0.2) is 66.7 Å². The van der Waals surface area contributed by atoms with E-state index in [1.165, 1.54) is 17.5 Å². The van der Waals surface area contributed by atoms with Crippen LogP contribution in [0, 0.1) is 5.41 Å². The van der Waals surface area contributed by atoms with Crippen LogP contribution >= 0.6 is 0 Å². The number of hydrogen-bond acceptors (Lipinski definition) is 4. The average molecular weight is 557 g/mol. The molecule has 6 heteroatoms. The van der Waals surface area contributed by atoms with Gasteiger partial charge in [0.25, 0.3) is 0 Å². The normalized spacial score (nSPS) is 11.6. The van der Waals surface area contributed by atoms with E-state index < -0.39 is 11.4 Å². The summed E-state index contributed by atoms with van der Waals surface area (Å²) in [5, 5.41) is 12.5. The van der Waals surface area contributed by atoms with Gasteiger partial charge in [0.2, 0.25) is 5.91 Å². The number of benzene rings is 2. The van der Waals surface area contributed by atoms with Crippen LogP contribution in [-0.2, 0) is 33.8 Å². The fourth-order valence-corrected chi connectivity index (χ4v) is 4.83. The van der Waals surface area contributed by atoms with Gasteiger partial charge in [-0.2, -0.15) is 0 Å². The Hall–Kier alpha value is -3.77. The van der Waals surface area contributed by atoms with Crippen molar-refractivity contribution in [2.45, 2.75) is 78.7 Å². The maximum atomic E-state index is 12.6. The summed E-state index contributed by atoms with van der Waals surface area (Å²) >= 11 is 0. The molecule has 0 spiro atoms. The molecule has 0 unspecified atom stereocenters. The van der Waals surface area contributed by atoms with Crippen LogP contribution in [-0.4, -0.2) is 28.6 Å². The number of carbonyl (C=O) groups is 2. The molecular weight excluding hydrogens is 512 g/mol. The molecule has 2 aromatic carbocycles. The highest BCUT2D eigenvalue weighted by Gasteiger charge is 2.37. The summed E-state index contributed by atoms with van der Waals surface area (Å²) in [7, 11) is 0. The molecule has 0 saturated heterocycles. The number of nitrogens with one attached hydrogen (secondary N) is 1. The van der Waals surface area contributed by atoms with Crippen LogP contribution in [0.5, 0.6) is 0 Å². The molecule has 0 aliphatic heterocycles. The van der Waals surface area contributed by atoms with Gasteiger partial charge in [0, 0.05) is 18.7 Å². The molecule has 3 rings (SSSR count). The highest BCUT2D eigenvalue weighted by Crippen LogP contribution is 2.31. The number of pyridine rings is 1. The summed E-state index contributed by atoms with van der Waals surface area (Å²) in [4.78, 5) is 29.0. The first kappa shape index (κ1) is 31.8. The second-order valence-electron chi connectivity index (χ2n) is 10.6. The summed E-state index contributed by atoms with van der Waals surface area (Å²) in [6, 6.07) is 22.3. The number of nitrogens with zero attached hydrogens (tertiary/aromatic N) is 1. The average Bonchev–Trinajstić information content (AvgIpc) is 2.98. The van der Waals surface area contributed by atoms with Gasteiger partial charge in [-0.3, -0.25) is 14.6 Å². The van der Waals surface area contributed by atoms with Crippen molar-refractivity contribution in [3.8, 4) is 0 Å². The first-order valence-electron chi connectivity index (χ1n) is 14.8. The number of amides is 1. The molecule has 1 aromatic heterocycles. The molecule has 218 valence electrons. The van der Waals surface area contributed by atoms with E-state index in [1.807, 2.05) is 48.6 Å². The van der Waals surface area contributed by atoms with Crippen LogP contribution in [0.2, 0.25) is 0 Å². The maximum Gasteiger partial charge on any atom is 0.310 e. The van der Waals surface area contributed by atoms with Crippen molar-refractivity contribution in [1.82, 2.24) is 4.98 Å². The zero-order chi connectivity index (χ0) is 29.5. The Morgan fingerprint density at radius 1 is 0.902 bits per heavy atom. The largest absolute Gasteiger partial charge is 0.481 e. The zero-order valence-electron chi connectivity index (χ0n) is 24.7. The van der Waals surface area contributed by atoms with Gasteiger partial charge in [0.05, 0.1) is 23.4 Å². The lowest BCUT2D eigenvalue weighted by atomic mass is 9.79. The molecule has 0 fully saturated rings. The topological polar surface area (TPSA) is 88.5 Å². The molecule has 2 N–H and O–H groups in total. The van der Waals surface area contributed by atoms with Gasteiger partial charge in [-0.05, 0) is 85.6 Å². The molecule has 3 aromatic rings. The predicted molar refractivity (Wildman–Crippen MR) is 167 cm³/mol. The first-order valence-corrected chi connectivity index (χ1v) is 14.8. The summed E-state index contributed by atoms with van der Waals surface area (Å²) < 4.78 is 5.88. The van der Waals surface area contributed by atoms with Gasteiger partial charge in [-0.15, -0.1) is 0 Å². The standard InChI is InChI=1S/C35H44N2O4/c1-4-11-27-17-19-28(20-18-27)12-7-8-23-41-26-32-16-10-14-30(36-32)22-21-29-13-9-15-31(24-29)37-33(38)25-35(5-2,6-3)34(39)40/h9-10,13-22,24H,4-8,11-12,23,25-26H2,1-3H3,(H,37,38)(H,39,40)/b22-21+. The van der Waals surface area contributed by atoms with Crippen molar-refractivity contribution in [2.75, 3.05) is 11.9 Å². The number of hydrogen-bond donors (Lipinski definition) is 2. The molecule has 0 aliphatic rings. The zero-order valence-corrected chi connectivity index (χ0v) is 24.7. The number of carboxylic acids is 1. The number of aliphatic carboxylic acids is 1. The summed E-state index contributed by atoms with van der Waals surface area (Å²) in [6.45, 7) is 7.00. The molecule has 0 radical (unpaired) electrons. The lowest BCUT2D eigenvalue weighted by molar-refractivity contribution is -0.151. The minimum absolute atomic E-state index is 0.0545. The number of unbranched alkanes of at least 4 members (excludes halogenated alkanes) is 1. The minimum Gasteiger partial charge on any atom is -0.481 e. The van der Waals surface area contributed by atoms with E-state index in [9.17, 15) is 14.7 Å². The van der Waals surface area contributed by atoms with Crippen molar-refractivity contribution >= 4 is 29.7 Å². The second-order valence-corrected chi connectivity index (χ2v) is 10.6. The van der Waals surface area contributed by atoms with Crippen LogP contribution in [0.4, 0.5) is 5.69 Å². The van der Waals surface area contributed by atoms with Gasteiger partial charge in [0.15, 0.2) is 0 Å². The van der Waals surface area contributed by atoms with Crippen molar-refractivity contribution < 1.29 is 19.4 Å². The summed E-state index contributed by atoms with van der Waals surface area (Å²) in [5.74, 6) is -1.23. The Bertz CT molecular complexity index is 1280. The monoisotopic (exact) mass is 556 g/mol. The number of carboxylic acid groups (broad SMARTS) is 1. The molecule has 6 nitrogen and oxygen atoms in total. The maximum absolute atomic E-state index is 12.6. The van der Waals surface area contributed by atoms with E-state index in [-0.39, 0.29) is 12.3 Å². The Kier molecular flexibility index (Phi) is 12.8. The van der Waals surface area contributed by atoms with E-state index in [0.717, 1.165) is 42.6 Å². The number of carbonyl (C=O) groups excluding carboxylic acids is 1. The van der Waals surface area contributed by atoms with E-state index in [4.69, 9.17) is 4.74 Å². The van der Waals surface area contributed by atoms with E-state index in [0.29, 0.717) is 31.7 Å². The second kappa shape index (κ2) is 16.5. The van der Waals surface area contributed by atoms with E-state index >= 15 is 0 Å². The SMILES string of the molecule is CCCc1ccc(CCCCOCc2cccc(/C=C/c3cccc(NC(=O)CC(CC)(CC)C(=O)O)c3)n2)cc1. The summed E-state index contributed by atoms with van der Waals surface area (Å²) in [5.41, 5.74) is 4.99. The van der Waals surface area contributed by atoms with Gasteiger partial charge < -0.3 is 15.2 Å². The van der Waals surface area contributed by atoms with E-state index in [2.05, 4.69) is 41.5 Å². The highest BCUT2D eigenvalue weighted by molar-refractivity contribution is 5.94. The van der Waals surface area contributed by atoms with Gasteiger partial charge in [0.1, 0.15) is 0 Å². The Balaban J connectivity index is 1.45. The number of ether oxygens (including phenoxy) is 1. The van der Waals surface area contributed by atoms with Crippen LogP contribution < -0.4 is 5.32 Å². The van der Waals surface area contributed by atoms with E-state index in [1.54, 1.807) is 19.9 Å². The number of aryl methyl sites for hydroxylation is 2. The molecule has 0 saturated carbocycles. The first-order chi connectivity index (χ1) is 19.9. The molecular formula is C35H44N2O4. The molecule has 1 amide bonds. The van der Waals surface area contributed by atoms with Gasteiger partial charge >= 0.3 is 5.97 Å². The Morgan fingerprint density at radius 2 is 1.61 bits per heavy atom. The smallest absolute Gasteiger partial charge is 0.310 e. The third kappa shape index (κ3) is 10.3. The van der Waals surface area contributed by atoms with Gasteiger partial charge in [-0.25, -0.2) is 0 Å². The van der Waals surface area contributed by atoms with Crippen molar-refractivity contribution in [2.24, 2.45) is 5.41 Å². The highest BCUT2D eigenvalue weighted by atomic mass is 16.5. The molecule has 0 atom stereocenters. The fraction of sp³-hybridized carbons (Fsp3) is 0.400. The Labute approximate surface area is 244 Å². The molecule has 0 bridgehead atoms. The number of anilines is 1. The van der Waals surface area contributed by atoms with Crippen LogP contribution in [0.3, 0.4) is 0 Å². The predicted octanol–water partition coefficient (Wildman–Crippen LogP) is 7.96. The third-order valence-corrected chi connectivity index (χ3v) is 7.57. The molecule has 0 aliphatic carbocycles. The van der Waals surface area contributed by atoms with Crippen molar-refractivity contribution in [3.63, 3.8) is 0 Å². The van der Waals surface area contributed by atoms with Gasteiger partial charge in [-0.1, -0.05) is 75.7 Å². The third-order valence-electron chi connectivity index (χ3n) is 7.57. The fourth-order valence-electron chi connectivity index (χ4n) is 4.83. The number of aromatic nitrogens is 1. The Morgan fingerprint density at radius 3 is 2.29 bits per heavy atom. The summed E-state index contributed by atoms with van der Waals surface area (Å²) in [6.07, 6.45) is 10.1. The lowest BCUT2D eigenvalue weighted by Gasteiger charge is -2.25. The van der Waals surface area contributed by atoms with Crippen LogP contribution in [0.1, 0.15) is 87.4 Å². The van der Waals surface area contributed by atoms with Crippen molar-refractivity contribution in [1.29, 1.82) is 0 Å². The number of rotatable bonds is 17.